The molecule has 0 amide bonds. The fraction of sp³-hybridized carbons (Fsp3) is 0.167. The SMILES string of the molecule is CCOc1oc(-c2ccc(Cl)c(Br)c2)nc1C(=O)O. The third-order valence-electron chi connectivity index (χ3n) is 2.24. The van der Waals surface area contributed by atoms with Gasteiger partial charge in [-0.05, 0) is 41.1 Å². The van der Waals surface area contributed by atoms with Gasteiger partial charge in [-0.15, -0.1) is 0 Å². The van der Waals surface area contributed by atoms with E-state index < -0.39 is 5.97 Å². The third kappa shape index (κ3) is 2.90. The first-order chi connectivity index (χ1) is 9.02. The Morgan fingerprint density at radius 3 is 2.89 bits per heavy atom. The summed E-state index contributed by atoms with van der Waals surface area (Å²) in [4.78, 5) is 14.9. The summed E-state index contributed by atoms with van der Waals surface area (Å²) in [7, 11) is 0. The number of oxazole rings is 1. The largest absolute Gasteiger partial charge is 0.476 e. The number of hydrogen-bond donors (Lipinski definition) is 1. The first-order valence-electron chi connectivity index (χ1n) is 5.35. The van der Waals surface area contributed by atoms with Crippen LogP contribution < -0.4 is 4.74 Å². The number of ether oxygens (including phenoxy) is 1. The average Bonchev–Trinajstić information content (AvgIpc) is 2.77. The highest BCUT2D eigenvalue weighted by Crippen LogP contribution is 2.31. The number of aromatic carboxylic acids is 1. The maximum atomic E-state index is 11.0. The maximum Gasteiger partial charge on any atom is 0.362 e. The summed E-state index contributed by atoms with van der Waals surface area (Å²) in [5, 5.41) is 9.56. The zero-order valence-electron chi connectivity index (χ0n) is 9.81. The van der Waals surface area contributed by atoms with Crippen LogP contribution in [0.2, 0.25) is 5.02 Å². The summed E-state index contributed by atoms with van der Waals surface area (Å²) in [5.74, 6) is -1.14. The Morgan fingerprint density at radius 2 is 2.32 bits per heavy atom. The molecule has 0 atom stereocenters. The average molecular weight is 347 g/mol. The molecule has 0 radical (unpaired) electrons. The number of halogens is 2. The van der Waals surface area contributed by atoms with Gasteiger partial charge in [-0.2, -0.15) is 4.98 Å². The van der Waals surface area contributed by atoms with Gasteiger partial charge in [0.25, 0.3) is 0 Å². The molecule has 1 heterocycles. The quantitative estimate of drug-likeness (QED) is 0.910. The fourth-order valence-corrected chi connectivity index (χ4v) is 1.92. The molecule has 0 unspecified atom stereocenters. The minimum absolute atomic E-state index is 0.101. The van der Waals surface area contributed by atoms with Crippen molar-refractivity contribution in [1.82, 2.24) is 4.98 Å². The number of hydrogen-bond acceptors (Lipinski definition) is 4. The zero-order valence-corrected chi connectivity index (χ0v) is 12.2. The Morgan fingerprint density at radius 1 is 1.58 bits per heavy atom. The van der Waals surface area contributed by atoms with Gasteiger partial charge in [0.1, 0.15) is 0 Å². The van der Waals surface area contributed by atoms with Crippen molar-refractivity contribution in [2.75, 3.05) is 6.61 Å². The fourth-order valence-electron chi connectivity index (χ4n) is 1.42. The molecule has 0 spiro atoms. The first-order valence-corrected chi connectivity index (χ1v) is 6.52. The molecule has 0 bridgehead atoms. The van der Waals surface area contributed by atoms with Crippen LogP contribution in [0, 0.1) is 0 Å². The summed E-state index contributed by atoms with van der Waals surface area (Å²) in [5.41, 5.74) is 0.354. The Bertz CT molecular complexity index is 626. The van der Waals surface area contributed by atoms with E-state index in [2.05, 4.69) is 20.9 Å². The van der Waals surface area contributed by atoms with Crippen molar-refractivity contribution in [1.29, 1.82) is 0 Å². The van der Waals surface area contributed by atoms with Crippen LogP contribution in [-0.4, -0.2) is 22.7 Å². The molecule has 1 N–H and O–H groups in total. The number of benzene rings is 1. The molecule has 2 aromatic rings. The predicted molar refractivity (Wildman–Crippen MR) is 72.8 cm³/mol. The van der Waals surface area contributed by atoms with Crippen LogP contribution in [0.1, 0.15) is 17.4 Å². The summed E-state index contributed by atoms with van der Waals surface area (Å²) >= 11 is 9.17. The van der Waals surface area contributed by atoms with E-state index in [0.717, 1.165) is 0 Å². The number of aromatic nitrogens is 1. The second-order valence-electron chi connectivity index (χ2n) is 3.52. The van der Waals surface area contributed by atoms with E-state index in [1.807, 2.05) is 0 Å². The normalized spacial score (nSPS) is 10.5. The standard InChI is InChI=1S/C12H9BrClNO4/c1-2-18-12-9(11(16)17)15-10(19-12)6-3-4-8(14)7(13)5-6/h3-5H,2H2,1H3,(H,16,17). The molecule has 100 valence electrons. The Kier molecular flexibility index (Phi) is 4.11. The summed E-state index contributed by atoms with van der Waals surface area (Å²) in [6.45, 7) is 2.02. The molecular formula is C12H9BrClNO4. The predicted octanol–water partition coefficient (Wildman–Crippen LogP) is 3.85. The first kappa shape index (κ1) is 13.9. The van der Waals surface area contributed by atoms with Gasteiger partial charge in [-0.3, -0.25) is 0 Å². The van der Waals surface area contributed by atoms with Gasteiger partial charge in [0.2, 0.25) is 11.6 Å². The third-order valence-corrected chi connectivity index (χ3v) is 3.45. The summed E-state index contributed by atoms with van der Waals surface area (Å²) in [6.07, 6.45) is 0. The van der Waals surface area contributed by atoms with Gasteiger partial charge in [-0.1, -0.05) is 11.6 Å². The molecular weight excluding hydrogens is 337 g/mol. The Balaban J connectivity index is 2.47. The van der Waals surface area contributed by atoms with Crippen LogP contribution in [0.3, 0.4) is 0 Å². The zero-order chi connectivity index (χ0) is 14.0. The highest BCUT2D eigenvalue weighted by molar-refractivity contribution is 9.10. The monoisotopic (exact) mass is 345 g/mol. The number of carboxylic acids is 1. The summed E-state index contributed by atoms with van der Waals surface area (Å²) < 4.78 is 11.1. The molecule has 0 aliphatic carbocycles. The van der Waals surface area contributed by atoms with E-state index in [4.69, 9.17) is 25.9 Å². The van der Waals surface area contributed by atoms with Crippen molar-refractivity contribution >= 4 is 33.5 Å². The summed E-state index contributed by atoms with van der Waals surface area (Å²) in [6, 6.07) is 5.03. The molecule has 0 saturated carbocycles. The van der Waals surface area contributed by atoms with Crippen LogP contribution in [0.5, 0.6) is 5.95 Å². The maximum absolute atomic E-state index is 11.0. The van der Waals surface area contributed by atoms with Crippen molar-refractivity contribution in [3.8, 4) is 17.4 Å². The van der Waals surface area contributed by atoms with Crippen LogP contribution in [0.25, 0.3) is 11.5 Å². The van der Waals surface area contributed by atoms with Crippen LogP contribution >= 0.6 is 27.5 Å². The van der Waals surface area contributed by atoms with Crippen molar-refractivity contribution in [3.05, 3.63) is 33.4 Å². The van der Waals surface area contributed by atoms with Gasteiger partial charge in [0, 0.05) is 10.0 Å². The molecule has 5 nitrogen and oxygen atoms in total. The van der Waals surface area contributed by atoms with E-state index in [-0.39, 0.29) is 17.5 Å². The lowest BCUT2D eigenvalue weighted by Gasteiger charge is -1.99. The topological polar surface area (TPSA) is 72.6 Å². The smallest absolute Gasteiger partial charge is 0.362 e. The number of carbonyl (C=O) groups is 1. The molecule has 0 aliphatic rings. The molecule has 0 saturated heterocycles. The van der Waals surface area contributed by atoms with Crippen molar-refractivity contribution in [2.45, 2.75) is 6.92 Å². The van der Waals surface area contributed by atoms with Gasteiger partial charge in [0.05, 0.1) is 11.6 Å². The lowest BCUT2D eigenvalue weighted by molar-refractivity contribution is 0.0683. The van der Waals surface area contributed by atoms with Gasteiger partial charge >= 0.3 is 11.9 Å². The van der Waals surface area contributed by atoms with Crippen LogP contribution in [-0.2, 0) is 0 Å². The van der Waals surface area contributed by atoms with Crippen LogP contribution in [0.15, 0.2) is 27.1 Å². The van der Waals surface area contributed by atoms with E-state index in [1.165, 1.54) is 0 Å². The molecule has 19 heavy (non-hydrogen) atoms. The van der Waals surface area contributed by atoms with Crippen LogP contribution in [0.4, 0.5) is 0 Å². The second kappa shape index (κ2) is 5.63. The number of rotatable bonds is 4. The molecule has 1 aromatic carbocycles. The highest BCUT2D eigenvalue weighted by atomic mass is 79.9. The lowest BCUT2D eigenvalue weighted by Crippen LogP contribution is -2.01. The molecule has 0 aliphatic heterocycles. The highest BCUT2D eigenvalue weighted by Gasteiger charge is 2.21. The minimum atomic E-state index is -1.20. The van der Waals surface area contributed by atoms with Gasteiger partial charge in [-0.25, -0.2) is 4.79 Å². The lowest BCUT2D eigenvalue weighted by atomic mass is 10.2. The number of carboxylic acid groups (broad SMARTS) is 1. The van der Waals surface area contributed by atoms with E-state index >= 15 is 0 Å². The molecule has 2 rings (SSSR count). The van der Waals surface area contributed by atoms with E-state index in [1.54, 1.807) is 25.1 Å². The van der Waals surface area contributed by atoms with Crippen molar-refractivity contribution in [2.24, 2.45) is 0 Å². The molecule has 0 fully saturated rings. The van der Waals surface area contributed by atoms with E-state index in [0.29, 0.717) is 21.7 Å². The molecule has 1 aromatic heterocycles. The van der Waals surface area contributed by atoms with Crippen molar-refractivity contribution < 1.29 is 19.1 Å². The number of nitrogens with zero attached hydrogens (tertiary/aromatic N) is 1. The minimum Gasteiger partial charge on any atom is -0.476 e. The van der Waals surface area contributed by atoms with Gasteiger partial charge < -0.3 is 14.3 Å². The Labute approximate surface area is 122 Å². The van der Waals surface area contributed by atoms with E-state index in [9.17, 15) is 4.79 Å². The van der Waals surface area contributed by atoms with Gasteiger partial charge in [0.15, 0.2) is 0 Å². The molecule has 7 heteroatoms. The Hall–Kier alpha value is -1.53. The second-order valence-corrected chi connectivity index (χ2v) is 4.78. The van der Waals surface area contributed by atoms with Crippen molar-refractivity contribution in [3.63, 3.8) is 0 Å².